The summed E-state index contributed by atoms with van der Waals surface area (Å²) in [7, 11) is 1.87. The van der Waals surface area contributed by atoms with Crippen LogP contribution in [-0.2, 0) is 13.1 Å². The summed E-state index contributed by atoms with van der Waals surface area (Å²) in [5, 5.41) is 0. The number of carbonyl (C=O) groups excluding carboxylic acids is 1. The minimum atomic E-state index is 0.0621. The van der Waals surface area contributed by atoms with E-state index in [-0.39, 0.29) is 5.91 Å². The molecule has 0 saturated heterocycles. The van der Waals surface area contributed by atoms with Crippen molar-refractivity contribution in [1.82, 2.24) is 9.47 Å². The number of thiophene rings is 1. The molecule has 1 aromatic carbocycles. The number of fused-ring (bicyclic) bond motifs is 1. The first-order valence-corrected chi connectivity index (χ1v) is 9.30. The van der Waals surface area contributed by atoms with Crippen LogP contribution in [0.15, 0.2) is 54.1 Å². The summed E-state index contributed by atoms with van der Waals surface area (Å²) < 4.78 is 3.31. The van der Waals surface area contributed by atoms with Gasteiger partial charge in [0.15, 0.2) is 0 Å². The van der Waals surface area contributed by atoms with Crippen LogP contribution < -0.4 is 0 Å². The molecule has 1 amide bonds. The van der Waals surface area contributed by atoms with Gasteiger partial charge in [-0.1, -0.05) is 42.0 Å². The molecule has 2 aromatic heterocycles. The molecular formula is C21H24N2OS. The third kappa shape index (κ3) is 3.85. The van der Waals surface area contributed by atoms with Crippen LogP contribution in [0.3, 0.4) is 0 Å². The smallest absolute Gasteiger partial charge is 0.270 e. The summed E-state index contributed by atoms with van der Waals surface area (Å²) in [6.07, 6.45) is 2.17. The van der Waals surface area contributed by atoms with E-state index >= 15 is 0 Å². The second-order valence-electron chi connectivity index (χ2n) is 6.68. The number of allylic oxidation sites excluding steroid dienone is 2. The van der Waals surface area contributed by atoms with Crippen molar-refractivity contribution in [3.05, 3.63) is 70.2 Å². The van der Waals surface area contributed by atoms with Crippen LogP contribution in [0.1, 0.15) is 34.8 Å². The first-order valence-electron chi connectivity index (χ1n) is 8.48. The first kappa shape index (κ1) is 17.5. The highest BCUT2D eigenvalue weighted by Gasteiger charge is 2.20. The SMILES string of the molecule is CC(C)=CCn1c(C(=O)N(C)Cc2ccccc2)cc2sc(C)cc21. The van der Waals surface area contributed by atoms with E-state index < -0.39 is 0 Å². The Morgan fingerprint density at radius 3 is 2.60 bits per heavy atom. The Kier molecular flexibility index (Phi) is 5.09. The van der Waals surface area contributed by atoms with E-state index in [0.717, 1.165) is 23.3 Å². The van der Waals surface area contributed by atoms with Gasteiger partial charge in [0.2, 0.25) is 0 Å². The quantitative estimate of drug-likeness (QED) is 0.576. The Morgan fingerprint density at radius 1 is 1.20 bits per heavy atom. The van der Waals surface area contributed by atoms with Gasteiger partial charge in [0.25, 0.3) is 5.91 Å². The summed E-state index contributed by atoms with van der Waals surface area (Å²) >= 11 is 1.74. The minimum absolute atomic E-state index is 0.0621. The highest BCUT2D eigenvalue weighted by atomic mass is 32.1. The molecule has 130 valence electrons. The lowest BCUT2D eigenvalue weighted by atomic mass is 10.2. The minimum Gasteiger partial charge on any atom is -0.336 e. The number of aryl methyl sites for hydroxylation is 1. The maximum absolute atomic E-state index is 13.1. The molecule has 3 aromatic rings. The number of hydrogen-bond donors (Lipinski definition) is 0. The summed E-state index contributed by atoms with van der Waals surface area (Å²) in [4.78, 5) is 16.1. The Balaban J connectivity index is 1.93. The molecule has 0 N–H and O–H groups in total. The number of nitrogens with zero attached hydrogens (tertiary/aromatic N) is 2. The van der Waals surface area contributed by atoms with Gasteiger partial charge in [-0.25, -0.2) is 0 Å². The molecular weight excluding hydrogens is 328 g/mol. The second kappa shape index (κ2) is 7.28. The van der Waals surface area contributed by atoms with Gasteiger partial charge in [0, 0.05) is 25.0 Å². The molecule has 0 aliphatic carbocycles. The third-order valence-electron chi connectivity index (χ3n) is 4.22. The third-order valence-corrected chi connectivity index (χ3v) is 5.21. The average Bonchev–Trinajstić information content (AvgIpc) is 3.09. The number of carbonyl (C=O) groups is 1. The van der Waals surface area contributed by atoms with E-state index in [1.165, 1.54) is 15.2 Å². The van der Waals surface area contributed by atoms with E-state index in [4.69, 9.17) is 0 Å². The van der Waals surface area contributed by atoms with Crippen LogP contribution in [0, 0.1) is 6.92 Å². The summed E-state index contributed by atoms with van der Waals surface area (Å²) in [5.41, 5.74) is 4.30. The summed E-state index contributed by atoms with van der Waals surface area (Å²) in [6.45, 7) is 7.62. The molecule has 3 rings (SSSR count). The molecule has 2 heterocycles. The molecule has 0 bridgehead atoms. The standard InChI is InChI=1S/C21H24N2OS/c1-15(2)10-11-23-18-12-16(3)25-20(18)13-19(23)21(24)22(4)14-17-8-6-5-7-9-17/h5-10,12-13H,11,14H2,1-4H3. The van der Waals surface area contributed by atoms with E-state index in [1.807, 2.05) is 43.4 Å². The lowest BCUT2D eigenvalue weighted by Gasteiger charge is -2.18. The van der Waals surface area contributed by atoms with Crippen LogP contribution in [0.2, 0.25) is 0 Å². The zero-order chi connectivity index (χ0) is 18.0. The van der Waals surface area contributed by atoms with Gasteiger partial charge in [-0.15, -0.1) is 11.3 Å². The maximum atomic E-state index is 13.1. The lowest BCUT2D eigenvalue weighted by molar-refractivity contribution is 0.0775. The van der Waals surface area contributed by atoms with Crippen LogP contribution in [-0.4, -0.2) is 22.4 Å². The van der Waals surface area contributed by atoms with Gasteiger partial charge in [-0.3, -0.25) is 4.79 Å². The van der Waals surface area contributed by atoms with Gasteiger partial charge >= 0.3 is 0 Å². The van der Waals surface area contributed by atoms with E-state index in [1.54, 1.807) is 16.2 Å². The first-order chi connectivity index (χ1) is 12.0. The van der Waals surface area contributed by atoms with Gasteiger partial charge in [0.05, 0.1) is 10.2 Å². The lowest BCUT2D eigenvalue weighted by Crippen LogP contribution is -2.28. The monoisotopic (exact) mass is 352 g/mol. The molecule has 0 saturated carbocycles. The molecule has 0 atom stereocenters. The van der Waals surface area contributed by atoms with Crippen molar-refractivity contribution in [2.75, 3.05) is 7.05 Å². The van der Waals surface area contributed by atoms with Crippen molar-refractivity contribution in [2.24, 2.45) is 0 Å². The van der Waals surface area contributed by atoms with Gasteiger partial charge in [0.1, 0.15) is 5.69 Å². The van der Waals surface area contributed by atoms with Gasteiger partial charge in [-0.05, 0) is 38.5 Å². The topological polar surface area (TPSA) is 25.2 Å². The van der Waals surface area contributed by atoms with Crippen molar-refractivity contribution < 1.29 is 4.79 Å². The normalized spacial score (nSPS) is 10.9. The Bertz CT molecular complexity index is 914. The van der Waals surface area contributed by atoms with Crippen molar-refractivity contribution in [1.29, 1.82) is 0 Å². The predicted octanol–water partition coefficient (Wildman–Crippen LogP) is 5.25. The summed E-state index contributed by atoms with van der Waals surface area (Å²) in [5.74, 6) is 0.0621. The fourth-order valence-corrected chi connectivity index (χ4v) is 3.90. The number of rotatable bonds is 5. The summed E-state index contributed by atoms with van der Waals surface area (Å²) in [6, 6.07) is 14.3. The Morgan fingerprint density at radius 2 is 1.92 bits per heavy atom. The largest absolute Gasteiger partial charge is 0.336 e. The number of amides is 1. The number of aromatic nitrogens is 1. The van der Waals surface area contributed by atoms with Crippen LogP contribution in [0.5, 0.6) is 0 Å². The average molecular weight is 353 g/mol. The second-order valence-corrected chi connectivity index (χ2v) is 7.96. The predicted molar refractivity (Wildman–Crippen MR) is 106 cm³/mol. The van der Waals surface area contributed by atoms with Gasteiger partial charge in [-0.2, -0.15) is 0 Å². The van der Waals surface area contributed by atoms with E-state index in [2.05, 4.69) is 37.5 Å². The molecule has 0 spiro atoms. The van der Waals surface area contributed by atoms with Crippen molar-refractivity contribution in [2.45, 2.75) is 33.9 Å². The number of hydrogen-bond acceptors (Lipinski definition) is 2. The fourth-order valence-electron chi connectivity index (χ4n) is 2.94. The highest BCUT2D eigenvalue weighted by molar-refractivity contribution is 7.19. The van der Waals surface area contributed by atoms with Crippen LogP contribution in [0.4, 0.5) is 0 Å². The zero-order valence-corrected chi connectivity index (χ0v) is 16.1. The molecule has 0 unspecified atom stereocenters. The van der Waals surface area contributed by atoms with Crippen molar-refractivity contribution in [3.63, 3.8) is 0 Å². The van der Waals surface area contributed by atoms with Crippen LogP contribution in [0.25, 0.3) is 10.2 Å². The van der Waals surface area contributed by atoms with Crippen LogP contribution >= 0.6 is 11.3 Å². The molecule has 0 fully saturated rings. The van der Waals surface area contributed by atoms with E-state index in [0.29, 0.717) is 6.54 Å². The molecule has 0 aliphatic heterocycles. The highest BCUT2D eigenvalue weighted by Crippen LogP contribution is 2.29. The molecule has 4 heteroatoms. The molecule has 3 nitrogen and oxygen atoms in total. The molecule has 25 heavy (non-hydrogen) atoms. The van der Waals surface area contributed by atoms with Crippen molar-refractivity contribution in [3.8, 4) is 0 Å². The molecule has 0 radical (unpaired) electrons. The van der Waals surface area contributed by atoms with E-state index in [9.17, 15) is 4.79 Å². The fraction of sp³-hybridized carbons (Fsp3) is 0.286. The molecule has 0 aliphatic rings. The van der Waals surface area contributed by atoms with Gasteiger partial charge < -0.3 is 9.47 Å². The van der Waals surface area contributed by atoms with Crippen molar-refractivity contribution >= 4 is 27.5 Å². The Hall–Kier alpha value is -2.33. The maximum Gasteiger partial charge on any atom is 0.270 e. The Labute approximate surface area is 153 Å². The zero-order valence-electron chi connectivity index (χ0n) is 15.2. The number of benzene rings is 1.